The van der Waals surface area contributed by atoms with Gasteiger partial charge in [0.2, 0.25) is 0 Å². The van der Waals surface area contributed by atoms with Crippen molar-refractivity contribution in [3.05, 3.63) is 60.8 Å². The number of carbonyl (C=O) groups is 3. The zero-order chi connectivity index (χ0) is 50.6. The molecule has 0 aromatic carbocycles. The van der Waals surface area contributed by atoms with E-state index in [1.165, 1.54) is 128 Å². The zero-order valence-corrected chi connectivity index (χ0v) is 45.5. The molecule has 9 heteroatoms. The molecule has 0 fully saturated rings. The molecule has 0 heterocycles. The van der Waals surface area contributed by atoms with Crippen LogP contribution in [-0.2, 0) is 33.3 Å². The molecule has 2 atom stereocenters. The number of carbonyl (C=O) groups excluding carboxylic acids is 2. The molecule has 0 spiro atoms. The molecule has 0 aliphatic heterocycles. The lowest BCUT2D eigenvalue weighted by atomic mass is 10.0. The van der Waals surface area contributed by atoms with Crippen LogP contribution < -0.4 is 0 Å². The van der Waals surface area contributed by atoms with Crippen molar-refractivity contribution in [3.63, 3.8) is 0 Å². The minimum absolute atomic E-state index is 0.183. The molecule has 0 aromatic heterocycles. The third-order valence-electron chi connectivity index (χ3n) is 12.3. The quantitative estimate of drug-likeness (QED) is 0.0211. The molecule has 2 unspecified atom stereocenters. The molecule has 0 bridgehead atoms. The first-order chi connectivity index (χ1) is 33.6. The minimum atomic E-state index is -1.52. The van der Waals surface area contributed by atoms with E-state index in [0.717, 1.165) is 83.5 Å². The second-order valence-electron chi connectivity index (χ2n) is 20.2. The van der Waals surface area contributed by atoms with E-state index in [-0.39, 0.29) is 32.2 Å². The summed E-state index contributed by atoms with van der Waals surface area (Å²) >= 11 is 0. The summed E-state index contributed by atoms with van der Waals surface area (Å²) in [6.45, 7) is 4.76. The lowest BCUT2D eigenvalue weighted by molar-refractivity contribution is -0.870. The SMILES string of the molecule is CC/C=C\C/C=C\C/C=C\C/C=C\CCCCCCCCC(=O)OC(COC(=O)CCCCCCCCCCCCCCC/C=C\CCCCCCCCCC)COC(OCC[N+](C)(C)C)C(=O)O. The average molecular weight is 972 g/mol. The Morgan fingerprint density at radius 1 is 0.449 bits per heavy atom. The molecular formula is C60H108NO8+. The van der Waals surface area contributed by atoms with Crippen molar-refractivity contribution >= 4 is 17.9 Å². The van der Waals surface area contributed by atoms with Gasteiger partial charge in [-0.3, -0.25) is 9.59 Å². The number of rotatable bonds is 52. The molecule has 0 aromatic rings. The van der Waals surface area contributed by atoms with E-state index in [1.54, 1.807) is 0 Å². The Kier molecular flexibility index (Phi) is 49.1. The van der Waals surface area contributed by atoms with Crippen LogP contribution >= 0.6 is 0 Å². The molecular weight excluding hydrogens is 863 g/mol. The first kappa shape index (κ1) is 66.0. The highest BCUT2D eigenvalue weighted by atomic mass is 16.7. The zero-order valence-electron chi connectivity index (χ0n) is 45.5. The van der Waals surface area contributed by atoms with Gasteiger partial charge < -0.3 is 28.5 Å². The summed E-state index contributed by atoms with van der Waals surface area (Å²) in [5.41, 5.74) is 0. The van der Waals surface area contributed by atoms with E-state index in [9.17, 15) is 19.5 Å². The van der Waals surface area contributed by atoms with Gasteiger partial charge in [0.25, 0.3) is 6.29 Å². The number of unbranched alkanes of at least 4 members (excludes halogenated alkanes) is 27. The fourth-order valence-corrected chi connectivity index (χ4v) is 7.88. The molecule has 0 rings (SSSR count). The summed E-state index contributed by atoms with van der Waals surface area (Å²) in [5.74, 6) is -2.02. The maximum atomic E-state index is 12.8. The predicted octanol–water partition coefficient (Wildman–Crippen LogP) is 16.5. The number of aliphatic carboxylic acids is 1. The smallest absolute Gasteiger partial charge is 0.361 e. The van der Waals surface area contributed by atoms with E-state index in [1.807, 2.05) is 21.1 Å². The molecule has 9 nitrogen and oxygen atoms in total. The van der Waals surface area contributed by atoms with Crippen LogP contribution in [0.5, 0.6) is 0 Å². The molecule has 0 radical (unpaired) electrons. The Morgan fingerprint density at radius 3 is 1.25 bits per heavy atom. The Morgan fingerprint density at radius 2 is 0.826 bits per heavy atom. The largest absolute Gasteiger partial charge is 0.477 e. The highest BCUT2D eigenvalue weighted by Crippen LogP contribution is 2.16. The Balaban J connectivity index is 4.25. The van der Waals surface area contributed by atoms with Crippen molar-refractivity contribution < 1.29 is 42.9 Å². The summed E-state index contributed by atoms with van der Waals surface area (Å²) in [7, 11) is 5.96. The number of quaternary nitrogens is 1. The second kappa shape index (κ2) is 51.3. The summed E-state index contributed by atoms with van der Waals surface area (Å²) in [6, 6.07) is 0. The average Bonchev–Trinajstić information content (AvgIpc) is 3.31. The maximum Gasteiger partial charge on any atom is 0.361 e. The van der Waals surface area contributed by atoms with E-state index in [0.29, 0.717) is 23.9 Å². The minimum Gasteiger partial charge on any atom is -0.477 e. The Labute approximate surface area is 425 Å². The van der Waals surface area contributed by atoms with E-state index in [4.69, 9.17) is 18.9 Å². The number of esters is 2. The fourth-order valence-electron chi connectivity index (χ4n) is 7.88. The highest BCUT2D eigenvalue weighted by molar-refractivity contribution is 5.71. The Bertz CT molecular complexity index is 1310. The van der Waals surface area contributed by atoms with Crippen LogP contribution in [0.2, 0.25) is 0 Å². The molecule has 0 aliphatic carbocycles. The predicted molar refractivity (Wildman–Crippen MR) is 290 cm³/mol. The summed E-state index contributed by atoms with van der Waals surface area (Å²) in [5, 5.41) is 9.69. The van der Waals surface area contributed by atoms with E-state index in [2.05, 4.69) is 74.6 Å². The second-order valence-corrected chi connectivity index (χ2v) is 20.2. The number of likely N-dealkylation sites (N-methyl/N-ethyl adjacent to an activating group) is 1. The van der Waals surface area contributed by atoms with Gasteiger partial charge in [0, 0.05) is 12.8 Å². The number of ether oxygens (including phenoxy) is 4. The van der Waals surface area contributed by atoms with Crippen LogP contribution in [0, 0.1) is 0 Å². The molecule has 0 amide bonds. The topological polar surface area (TPSA) is 108 Å². The van der Waals surface area contributed by atoms with Gasteiger partial charge in [0.05, 0.1) is 34.4 Å². The lowest BCUT2D eigenvalue weighted by Gasteiger charge is -2.25. The third kappa shape index (κ3) is 52.6. The Hall–Kier alpha value is -3.01. The number of allylic oxidation sites excluding steroid dienone is 10. The fraction of sp³-hybridized carbons (Fsp3) is 0.783. The van der Waals surface area contributed by atoms with Crippen molar-refractivity contribution in [1.29, 1.82) is 0 Å². The van der Waals surface area contributed by atoms with Crippen molar-refractivity contribution in [3.8, 4) is 0 Å². The lowest BCUT2D eigenvalue weighted by Crippen LogP contribution is -2.40. The number of carboxylic acids is 1. The first-order valence-electron chi connectivity index (χ1n) is 28.5. The third-order valence-corrected chi connectivity index (χ3v) is 12.3. The van der Waals surface area contributed by atoms with Gasteiger partial charge >= 0.3 is 17.9 Å². The van der Waals surface area contributed by atoms with Crippen molar-refractivity contribution in [2.45, 2.75) is 257 Å². The van der Waals surface area contributed by atoms with Gasteiger partial charge in [0.15, 0.2) is 6.10 Å². The van der Waals surface area contributed by atoms with Crippen molar-refractivity contribution in [1.82, 2.24) is 0 Å². The van der Waals surface area contributed by atoms with E-state index < -0.39 is 24.3 Å². The van der Waals surface area contributed by atoms with Gasteiger partial charge in [0.1, 0.15) is 13.2 Å². The first-order valence-corrected chi connectivity index (χ1v) is 28.5. The molecule has 0 saturated carbocycles. The van der Waals surface area contributed by atoms with Crippen LogP contribution in [0.15, 0.2) is 60.8 Å². The molecule has 0 aliphatic rings. The molecule has 400 valence electrons. The summed E-state index contributed by atoms with van der Waals surface area (Å²) in [4.78, 5) is 37.4. The monoisotopic (exact) mass is 971 g/mol. The van der Waals surface area contributed by atoms with E-state index >= 15 is 0 Å². The molecule has 69 heavy (non-hydrogen) atoms. The van der Waals surface area contributed by atoms with Crippen molar-refractivity contribution in [2.75, 3.05) is 47.5 Å². The van der Waals surface area contributed by atoms with Crippen LogP contribution in [-0.4, -0.2) is 87.4 Å². The van der Waals surface area contributed by atoms with Gasteiger partial charge in [-0.1, -0.05) is 216 Å². The van der Waals surface area contributed by atoms with Gasteiger partial charge in [-0.15, -0.1) is 0 Å². The number of hydrogen-bond donors (Lipinski definition) is 1. The number of carboxylic acid groups (broad SMARTS) is 1. The van der Waals surface area contributed by atoms with Gasteiger partial charge in [-0.25, -0.2) is 4.79 Å². The highest BCUT2D eigenvalue weighted by Gasteiger charge is 2.25. The van der Waals surface area contributed by atoms with Gasteiger partial charge in [-0.05, 0) is 77.0 Å². The standard InChI is InChI=1S/C60H107NO8/c1-6-8-10-12-14-16-18-20-22-24-26-27-28-29-30-31-33-34-36-38-40-42-44-46-48-50-57(62)67-54-56(55-68-60(59(64)65)66-53-52-61(3,4)5)69-58(63)51-49-47-45-43-41-39-37-35-32-25-23-21-19-17-15-13-11-9-7-2/h9,11,15,17,21,23-24,26,32,35,56,60H,6-8,10,12-14,16,18-20,22,25,27-31,33-34,36-55H2,1-5H3/p+1/b11-9-,17-15-,23-21-,26-24-,35-32-. The van der Waals surface area contributed by atoms with Crippen LogP contribution in [0.3, 0.4) is 0 Å². The normalized spacial score (nSPS) is 13.2. The summed E-state index contributed by atoms with van der Waals surface area (Å²) in [6.07, 6.45) is 61.5. The van der Waals surface area contributed by atoms with Crippen LogP contribution in [0.4, 0.5) is 0 Å². The van der Waals surface area contributed by atoms with Crippen LogP contribution in [0.1, 0.15) is 245 Å². The van der Waals surface area contributed by atoms with Crippen molar-refractivity contribution in [2.24, 2.45) is 0 Å². The number of hydrogen-bond acceptors (Lipinski definition) is 7. The van der Waals surface area contributed by atoms with Gasteiger partial charge in [-0.2, -0.15) is 0 Å². The summed E-state index contributed by atoms with van der Waals surface area (Å²) < 4.78 is 22.9. The van der Waals surface area contributed by atoms with Crippen LogP contribution in [0.25, 0.3) is 0 Å². The molecule has 1 N–H and O–H groups in total. The number of nitrogens with zero attached hydrogens (tertiary/aromatic N) is 1. The molecule has 0 saturated heterocycles. The maximum absolute atomic E-state index is 12.8.